The van der Waals surface area contributed by atoms with Gasteiger partial charge in [0.1, 0.15) is 0 Å². The molecule has 0 saturated carbocycles. The number of rotatable bonds is 3. The van der Waals surface area contributed by atoms with Gasteiger partial charge in [0.25, 0.3) is 0 Å². The first kappa shape index (κ1) is 13.0. The highest BCUT2D eigenvalue weighted by atomic mass is 32.2. The van der Waals surface area contributed by atoms with Crippen molar-refractivity contribution < 1.29 is 5.11 Å². The SMILES string of the molecule is CC(C)(C)SCc1cc(O)n(-c2ccccc2)n1. The molecule has 0 atom stereocenters. The normalized spacial score (nSPS) is 11.7. The van der Waals surface area contributed by atoms with Crippen molar-refractivity contribution in [2.24, 2.45) is 0 Å². The van der Waals surface area contributed by atoms with Crippen molar-refractivity contribution in [1.29, 1.82) is 0 Å². The smallest absolute Gasteiger partial charge is 0.214 e. The summed E-state index contributed by atoms with van der Waals surface area (Å²) < 4.78 is 1.77. The molecule has 0 aliphatic carbocycles. The summed E-state index contributed by atoms with van der Waals surface area (Å²) in [6.45, 7) is 6.52. The molecule has 96 valence electrons. The third-order valence-electron chi connectivity index (χ3n) is 2.39. The summed E-state index contributed by atoms with van der Waals surface area (Å²) in [7, 11) is 0. The number of benzene rings is 1. The minimum atomic E-state index is 0.186. The van der Waals surface area contributed by atoms with Crippen LogP contribution < -0.4 is 0 Å². The Morgan fingerprint density at radius 3 is 2.50 bits per heavy atom. The van der Waals surface area contributed by atoms with Crippen LogP contribution in [0.4, 0.5) is 0 Å². The molecule has 0 amide bonds. The zero-order chi connectivity index (χ0) is 13.2. The van der Waals surface area contributed by atoms with Crippen molar-refractivity contribution in [3.8, 4) is 11.6 Å². The Hall–Kier alpha value is -1.42. The molecule has 2 aromatic rings. The standard InChI is InChI=1S/C14H18N2OS/c1-14(2,3)18-10-11-9-13(17)16(15-11)12-7-5-4-6-8-12/h4-9,17H,10H2,1-3H3. The van der Waals surface area contributed by atoms with E-state index in [4.69, 9.17) is 0 Å². The number of thioether (sulfide) groups is 1. The lowest BCUT2D eigenvalue weighted by Crippen LogP contribution is -2.07. The van der Waals surface area contributed by atoms with Crippen LogP contribution in [0.2, 0.25) is 0 Å². The van der Waals surface area contributed by atoms with Crippen molar-refractivity contribution in [2.75, 3.05) is 0 Å². The highest BCUT2D eigenvalue weighted by Gasteiger charge is 2.14. The third-order valence-corrected chi connectivity index (χ3v) is 3.70. The average molecular weight is 262 g/mol. The van der Waals surface area contributed by atoms with Crippen molar-refractivity contribution in [3.05, 3.63) is 42.1 Å². The summed E-state index contributed by atoms with van der Waals surface area (Å²) >= 11 is 1.82. The molecule has 0 aliphatic rings. The highest BCUT2D eigenvalue weighted by Crippen LogP contribution is 2.28. The van der Waals surface area contributed by atoms with Crippen LogP contribution in [0.25, 0.3) is 5.69 Å². The Morgan fingerprint density at radius 1 is 1.22 bits per heavy atom. The van der Waals surface area contributed by atoms with Crippen molar-refractivity contribution in [2.45, 2.75) is 31.3 Å². The number of aromatic hydroxyl groups is 1. The third kappa shape index (κ3) is 3.29. The first-order valence-electron chi connectivity index (χ1n) is 5.93. The van der Waals surface area contributed by atoms with Gasteiger partial charge in [0.05, 0.1) is 11.4 Å². The van der Waals surface area contributed by atoms with Gasteiger partial charge in [-0.05, 0) is 12.1 Å². The Balaban J connectivity index is 2.18. The first-order valence-corrected chi connectivity index (χ1v) is 6.91. The molecule has 0 fully saturated rings. The summed E-state index contributed by atoms with van der Waals surface area (Å²) in [6.07, 6.45) is 0. The molecule has 1 N–H and O–H groups in total. The Morgan fingerprint density at radius 2 is 1.89 bits per heavy atom. The van der Waals surface area contributed by atoms with E-state index in [1.165, 1.54) is 0 Å². The first-order chi connectivity index (χ1) is 8.46. The maximum atomic E-state index is 9.91. The second kappa shape index (κ2) is 5.06. The molecule has 2 rings (SSSR count). The largest absolute Gasteiger partial charge is 0.493 e. The highest BCUT2D eigenvalue weighted by molar-refractivity contribution is 7.99. The molecular weight excluding hydrogens is 244 g/mol. The Kier molecular flexibility index (Phi) is 3.66. The van der Waals surface area contributed by atoms with Gasteiger partial charge < -0.3 is 5.11 Å². The summed E-state index contributed by atoms with van der Waals surface area (Å²) in [5, 5.41) is 14.3. The second-order valence-corrected chi connectivity index (χ2v) is 6.94. The quantitative estimate of drug-likeness (QED) is 0.918. The van der Waals surface area contributed by atoms with E-state index in [1.807, 2.05) is 42.1 Å². The zero-order valence-electron chi connectivity index (χ0n) is 10.9. The van der Waals surface area contributed by atoms with Crippen LogP contribution in [0.1, 0.15) is 26.5 Å². The number of nitrogens with zero attached hydrogens (tertiary/aromatic N) is 2. The average Bonchev–Trinajstić information content (AvgIpc) is 2.68. The Bertz CT molecular complexity index is 514. The molecule has 0 aliphatic heterocycles. The van der Waals surface area contributed by atoms with Crippen molar-refractivity contribution in [3.63, 3.8) is 0 Å². The van der Waals surface area contributed by atoms with Gasteiger partial charge in [0.2, 0.25) is 5.88 Å². The fraction of sp³-hybridized carbons (Fsp3) is 0.357. The van der Waals surface area contributed by atoms with Crippen molar-refractivity contribution in [1.82, 2.24) is 9.78 Å². The zero-order valence-corrected chi connectivity index (χ0v) is 11.7. The minimum Gasteiger partial charge on any atom is -0.493 e. The van der Waals surface area contributed by atoms with Crippen LogP contribution in [0, 0.1) is 0 Å². The van der Waals surface area contributed by atoms with Crippen LogP contribution in [0.15, 0.2) is 36.4 Å². The van der Waals surface area contributed by atoms with Gasteiger partial charge in [-0.3, -0.25) is 0 Å². The maximum Gasteiger partial charge on any atom is 0.214 e. The summed E-state index contributed by atoms with van der Waals surface area (Å²) in [5.74, 6) is 0.988. The van der Waals surface area contributed by atoms with E-state index in [-0.39, 0.29) is 10.6 Å². The van der Waals surface area contributed by atoms with Crippen LogP contribution in [0.3, 0.4) is 0 Å². The van der Waals surface area contributed by atoms with Gasteiger partial charge in [0, 0.05) is 16.6 Å². The van der Waals surface area contributed by atoms with E-state index in [2.05, 4.69) is 25.9 Å². The fourth-order valence-corrected chi connectivity index (χ4v) is 2.26. The van der Waals surface area contributed by atoms with E-state index in [0.717, 1.165) is 17.1 Å². The summed E-state index contributed by atoms with van der Waals surface area (Å²) in [5.41, 5.74) is 1.78. The summed E-state index contributed by atoms with van der Waals surface area (Å²) in [4.78, 5) is 0. The lowest BCUT2D eigenvalue weighted by molar-refractivity contribution is 0.433. The van der Waals surface area contributed by atoms with Gasteiger partial charge >= 0.3 is 0 Å². The van der Waals surface area contributed by atoms with Crippen LogP contribution >= 0.6 is 11.8 Å². The number of hydrogen-bond donors (Lipinski definition) is 1. The van der Waals surface area contributed by atoms with Crippen LogP contribution in [-0.4, -0.2) is 19.6 Å². The van der Waals surface area contributed by atoms with E-state index in [0.29, 0.717) is 0 Å². The maximum absolute atomic E-state index is 9.91. The topological polar surface area (TPSA) is 38.0 Å². The number of hydrogen-bond acceptors (Lipinski definition) is 3. The summed E-state index contributed by atoms with van der Waals surface area (Å²) in [6, 6.07) is 11.4. The Labute approximate surface area is 112 Å². The number of para-hydroxylation sites is 1. The predicted molar refractivity (Wildman–Crippen MR) is 76.3 cm³/mol. The fourth-order valence-electron chi connectivity index (χ4n) is 1.54. The molecule has 1 heterocycles. The predicted octanol–water partition coefficient (Wildman–Crippen LogP) is 3.61. The second-order valence-electron chi connectivity index (χ2n) is 5.14. The van der Waals surface area contributed by atoms with E-state index in [1.54, 1.807) is 10.7 Å². The van der Waals surface area contributed by atoms with Crippen LogP contribution in [0.5, 0.6) is 5.88 Å². The monoisotopic (exact) mass is 262 g/mol. The van der Waals surface area contributed by atoms with Gasteiger partial charge in [-0.1, -0.05) is 39.0 Å². The van der Waals surface area contributed by atoms with Crippen LogP contribution in [-0.2, 0) is 5.75 Å². The molecule has 4 heteroatoms. The lowest BCUT2D eigenvalue weighted by atomic mass is 10.3. The van der Waals surface area contributed by atoms with Gasteiger partial charge in [-0.2, -0.15) is 5.10 Å². The molecule has 0 unspecified atom stereocenters. The molecule has 18 heavy (non-hydrogen) atoms. The van der Waals surface area contributed by atoms with Crippen molar-refractivity contribution >= 4 is 11.8 Å². The minimum absolute atomic E-state index is 0.186. The van der Waals surface area contributed by atoms with Gasteiger partial charge in [0.15, 0.2) is 0 Å². The van der Waals surface area contributed by atoms with E-state index in [9.17, 15) is 5.11 Å². The molecule has 0 radical (unpaired) electrons. The molecular formula is C14H18N2OS. The molecule has 3 nitrogen and oxygen atoms in total. The lowest BCUT2D eigenvalue weighted by Gasteiger charge is -2.16. The number of aromatic nitrogens is 2. The molecule has 0 bridgehead atoms. The molecule has 0 saturated heterocycles. The van der Waals surface area contributed by atoms with E-state index < -0.39 is 0 Å². The molecule has 1 aromatic carbocycles. The van der Waals surface area contributed by atoms with Gasteiger partial charge in [-0.15, -0.1) is 11.8 Å². The molecule has 0 spiro atoms. The molecule has 1 aromatic heterocycles. The van der Waals surface area contributed by atoms with E-state index >= 15 is 0 Å². The van der Waals surface area contributed by atoms with Gasteiger partial charge in [-0.25, -0.2) is 4.68 Å².